The summed E-state index contributed by atoms with van der Waals surface area (Å²) in [6.45, 7) is 6.15. The summed E-state index contributed by atoms with van der Waals surface area (Å²) in [5, 5.41) is 0. The number of allylic oxidation sites excluding steroid dienone is 2. The van der Waals surface area contributed by atoms with Crippen molar-refractivity contribution >= 4 is 5.78 Å². The van der Waals surface area contributed by atoms with Crippen LogP contribution in [0.4, 0.5) is 0 Å². The average molecular weight is 176 g/mol. The van der Waals surface area contributed by atoms with Gasteiger partial charge >= 0.3 is 0 Å². The van der Waals surface area contributed by atoms with E-state index in [4.69, 9.17) is 0 Å². The molecule has 1 aliphatic rings. The molecule has 1 nitrogen and oxygen atoms in total. The van der Waals surface area contributed by atoms with Gasteiger partial charge < -0.3 is 0 Å². The first-order chi connectivity index (χ1) is 5.99. The molecule has 1 heteroatoms. The SMILES string of the molecule is CC(C)(C)C#CC1=CCCCC1=O. The third kappa shape index (κ3) is 3.46. The largest absolute Gasteiger partial charge is 0.293 e. The Morgan fingerprint density at radius 1 is 1.38 bits per heavy atom. The van der Waals surface area contributed by atoms with Crippen LogP contribution in [0.2, 0.25) is 0 Å². The zero-order valence-electron chi connectivity index (χ0n) is 8.61. The second-order valence-corrected chi connectivity index (χ2v) is 4.43. The van der Waals surface area contributed by atoms with Gasteiger partial charge in [-0.3, -0.25) is 4.79 Å². The first kappa shape index (κ1) is 10.1. The number of hydrogen-bond acceptors (Lipinski definition) is 1. The van der Waals surface area contributed by atoms with E-state index >= 15 is 0 Å². The maximum absolute atomic E-state index is 11.3. The standard InChI is InChI=1S/C12H16O/c1-12(2,3)9-8-10-6-4-5-7-11(10)13/h6H,4-5,7H2,1-3H3. The van der Waals surface area contributed by atoms with Gasteiger partial charge in [0.15, 0.2) is 5.78 Å². The molecular formula is C12H16O. The number of Topliss-reactive ketones (excluding diaryl/α,β-unsaturated/α-hetero) is 1. The van der Waals surface area contributed by atoms with Crippen molar-refractivity contribution < 1.29 is 4.79 Å². The number of ketones is 1. The molecule has 0 atom stereocenters. The maximum atomic E-state index is 11.3. The smallest absolute Gasteiger partial charge is 0.170 e. The van der Waals surface area contributed by atoms with Crippen molar-refractivity contribution in [2.45, 2.75) is 40.0 Å². The molecule has 0 unspecified atom stereocenters. The normalized spacial score (nSPS) is 17.5. The second-order valence-electron chi connectivity index (χ2n) is 4.43. The van der Waals surface area contributed by atoms with Gasteiger partial charge in [0.2, 0.25) is 0 Å². The number of carbonyl (C=O) groups excluding carboxylic acids is 1. The molecule has 0 spiro atoms. The third-order valence-electron chi connectivity index (χ3n) is 1.83. The molecule has 0 saturated carbocycles. The van der Waals surface area contributed by atoms with Crippen molar-refractivity contribution in [2.24, 2.45) is 5.41 Å². The van der Waals surface area contributed by atoms with Gasteiger partial charge in [0, 0.05) is 11.8 Å². The molecular weight excluding hydrogens is 160 g/mol. The van der Waals surface area contributed by atoms with Crippen molar-refractivity contribution in [2.75, 3.05) is 0 Å². The van der Waals surface area contributed by atoms with Crippen LogP contribution in [0.5, 0.6) is 0 Å². The fourth-order valence-corrected chi connectivity index (χ4v) is 1.13. The quantitative estimate of drug-likeness (QED) is 0.519. The third-order valence-corrected chi connectivity index (χ3v) is 1.83. The lowest BCUT2D eigenvalue weighted by Gasteiger charge is -2.09. The zero-order chi connectivity index (χ0) is 9.90. The predicted octanol–water partition coefficient (Wildman–Crippen LogP) is 2.72. The molecule has 0 amide bonds. The summed E-state index contributed by atoms with van der Waals surface area (Å²) in [5.74, 6) is 6.27. The van der Waals surface area contributed by atoms with Crippen molar-refractivity contribution in [1.82, 2.24) is 0 Å². The summed E-state index contributed by atoms with van der Waals surface area (Å²) < 4.78 is 0. The van der Waals surface area contributed by atoms with Gasteiger partial charge in [0.25, 0.3) is 0 Å². The van der Waals surface area contributed by atoms with Gasteiger partial charge in [-0.15, -0.1) is 0 Å². The van der Waals surface area contributed by atoms with E-state index in [1.165, 1.54) is 0 Å². The van der Waals surface area contributed by atoms with Gasteiger partial charge in [-0.2, -0.15) is 0 Å². The first-order valence-electron chi connectivity index (χ1n) is 4.75. The summed E-state index contributed by atoms with van der Waals surface area (Å²) in [5.41, 5.74) is 0.708. The van der Waals surface area contributed by atoms with Crippen LogP contribution in [0.1, 0.15) is 40.0 Å². The average Bonchev–Trinajstić information content (AvgIpc) is 2.01. The molecule has 70 valence electrons. The Labute approximate surface area is 80.2 Å². The Kier molecular flexibility index (Phi) is 2.93. The molecule has 13 heavy (non-hydrogen) atoms. The minimum Gasteiger partial charge on any atom is -0.293 e. The fraction of sp³-hybridized carbons (Fsp3) is 0.583. The molecule has 0 aromatic heterocycles. The van der Waals surface area contributed by atoms with Crippen molar-refractivity contribution in [3.05, 3.63) is 11.6 Å². The fourth-order valence-electron chi connectivity index (χ4n) is 1.13. The highest BCUT2D eigenvalue weighted by atomic mass is 16.1. The van der Waals surface area contributed by atoms with Crippen LogP contribution in [0, 0.1) is 17.3 Å². The molecule has 0 saturated heterocycles. The van der Waals surface area contributed by atoms with Crippen LogP contribution in [0.3, 0.4) is 0 Å². The molecule has 0 aliphatic heterocycles. The van der Waals surface area contributed by atoms with Crippen LogP contribution in [0.25, 0.3) is 0 Å². The van der Waals surface area contributed by atoms with Gasteiger partial charge in [0.1, 0.15) is 0 Å². The highest BCUT2D eigenvalue weighted by Crippen LogP contribution is 2.15. The maximum Gasteiger partial charge on any atom is 0.170 e. The monoisotopic (exact) mass is 176 g/mol. The van der Waals surface area contributed by atoms with Crippen LogP contribution < -0.4 is 0 Å². The lowest BCUT2D eigenvalue weighted by molar-refractivity contribution is -0.115. The number of hydrogen-bond donors (Lipinski definition) is 0. The lowest BCUT2D eigenvalue weighted by Crippen LogP contribution is -2.06. The van der Waals surface area contributed by atoms with E-state index in [1.807, 2.05) is 26.8 Å². The van der Waals surface area contributed by atoms with E-state index in [0.29, 0.717) is 6.42 Å². The van der Waals surface area contributed by atoms with Crippen molar-refractivity contribution in [1.29, 1.82) is 0 Å². The topological polar surface area (TPSA) is 17.1 Å². The van der Waals surface area contributed by atoms with Crippen LogP contribution in [-0.2, 0) is 4.79 Å². The molecule has 0 N–H and O–H groups in total. The van der Waals surface area contributed by atoms with E-state index in [1.54, 1.807) is 0 Å². The Morgan fingerprint density at radius 3 is 2.62 bits per heavy atom. The Morgan fingerprint density at radius 2 is 2.08 bits per heavy atom. The zero-order valence-corrected chi connectivity index (χ0v) is 8.61. The van der Waals surface area contributed by atoms with E-state index in [9.17, 15) is 4.79 Å². The van der Waals surface area contributed by atoms with Gasteiger partial charge in [0.05, 0.1) is 5.57 Å². The minimum atomic E-state index is -0.0153. The molecule has 0 aromatic rings. The number of rotatable bonds is 0. The van der Waals surface area contributed by atoms with E-state index in [2.05, 4.69) is 11.8 Å². The highest BCUT2D eigenvalue weighted by molar-refractivity contribution is 6.00. The Bertz CT molecular complexity index is 291. The van der Waals surface area contributed by atoms with Crippen molar-refractivity contribution in [3.8, 4) is 11.8 Å². The molecule has 1 aliphatic carbocycles. The van der Waals surface area contributed by atoms with E-state index in [-0.39, 0.29) is 11.2 Å². The number of carbonyl (C=O) groups is 1. The summed E-state index contributed by atoms with van der Waals surface area (Å²) in [6.07, 6.45) is 4.62. The summed E-state index contributed by atoms with van der Waals surface area (Å²) in [7, 11) is 0. The van der Waals surface area contributed by atoms with E-state index in [0.717, 1.165) is 18.4 Å². The van der Waals surface area contributed by atoms with Gasteiger partial charge in [-0.05, 0) is 33.6 Å². The molecule has 0 bridgehead atoms. The van der Waals surface area contributed by atoms with Crippen LogP contribution in [0.15, 0.2) is 11.6 Å². The minimum absolute atomic E-state index is 0.0153. The van der Waals surface area contributed by atoms with Crippen LogP contribution in [-0.4, -0.2) is 5.78 Å². The predicted molar refractivity (Wildman–Crippen MR) is 54.2 cm³/mol. The molecule has 0 heterocycles. The molecule has 0 aromatic carbocycles. The lowest BCUT2D eigenvalue weighted by atomic mass is 9.94. The molecule has 0 radical (unpaired) electrons. The second kappa shape index (κ2) is 3.79. The van der Waals surface area contributed by atoms with Gasteiger partial charge in [-0.1, -0.05) is 17.9 Å². The molecule has 1 rings (SSSR count). The van der Waals surface area contributed by atoms with E-state index < -0.39 is 0 Å². The summed E-state index contributed by atoms with van der Waals surface area (Å²) in [6, 6.07) is 0. The Hall–Kier alpha value is -1.03. The van der Waals surface area contributed by atoms with Gasteiger partial charge in [-0.25, -0.2) is 0 Å². The highest BCUT2D eigenvalue weighted by Gasteiger charge is 2.11. The first-order valence-corrected chi connectivity index (χ1v) is 4.75. The van der Waals surface area contributed by atoms with Crippen molar-refractivity contribution in [3.63, 3.8) is 0 Å². The summed E-state index contributed by atoms with van der Waals surface area (Å²) >= 11 is 0. The summed E-state index contributed by atoms with van der Waals surface area (Å²) in [4.78, 5) is 11.3. The Balaban J connectivity index is 2.76. The molecule has 0 fully saturated rings. The van der Waals surface area contributed by atoms with Crippen LogP contribution >= 0.6 is 0 Å².